The van der Waals surface area contributed by atoms with Crippen LogP contribution in [0, 0.1) is 0 Å². The second-order valence-corrected chi connectivity index (χ2v) is 7.18. The van der Waals surface area contributed by atoms with Crippen LogP contribution in [0.3, 0.4) is 0 Å². The molecule has 0 bridgehead atoms. The van der Waals surface area contributed by atoms with Gasteiger partial charge in [0, 0.05) is 16.1 Å². The highest BCUT2D eigenvalue weighted by molar-refractivity contribution is 6.31. The highest BCUT2D eigenvalue weighted by Crippen LogP contribution is 2.22. The first-order valence-electron chi connectivity index (χ1n) is 9.29. The van der Waals surface area contributed by atoms with Crippen molar-refractivity contribution in [1.82, 2.24) is 0 Å². The normalized spacial score (nSPS) is 10.7. The fourth-order valence-corrected chi connectivity index (χ4v) is 3.38. The Morgan fingerprint density at radius 2 is 1.80 bits per heavy atom. The smallest absolute Gasteiger partial charge is 0.349 e. The van der Waals surface area contributed by atoms with Crippen LogP contribution in [0.4, 0.5) is 5.69 Å². The van der Waals surface area contributed by atoms with E-state index in [1.54, 1.807) is 43.5 Å². The van der Waals surface area contributed by atoms with Crippen LogP contribution < -0.4 is 15.7 Å². The SMILES string of the molecule is COc1ccc(NC(=O)c2cc3cc(Cc4ccccc4Cl)ccc3oc2=O)cc1. The molecule has 0 aliphatic carbocycles. The van der Waals surface area contributed by atoms with Crippen molar-refractivity contribution < 1.29 is 13.9 Å². The number of fused-ring (bicyclic) bond motifs is 1. The van der Waals surface area contributed by atoms with Gasteiger partial charge in [-0.2, -0.15) is 0 Å². The molecule has 0 radical (unpaired) electrons. The topological polar surface area (TPSA) is 68.5 Å². The van der Waals surface area contributed by atoms with Gasteiger partial charge in [-0.05, 0) is 66.1 Å². The van der Waals surface area contributed by atoms with E-state index in [0.29, 0.717) is 33.8 Å². The van der Waals surface area contributed by atoms with Crippen molar-refractivity contribution in [3.8, 4) is 5.75 Å². The van der Waals surface area contributed by atoms with Gasteiger partial charge in [0.15, 0.2) is 0 Å². The summed E-state index contributed by atoms with van der Waals surface area (Å²) in [5, 5.41) is 4.06. The van der Waals surface area contributed by atoms with E-state index < -0.39 is 11.5 Å². The molecule has 4 rings (SSSR count). The molecule has 1 aromatic heterocycles. The van der Waals surface area contributed by atoms with E-state index >= 15 is 0 Å². The van der Waals surface area contributed by atoms with Crippen LogP contribution in [0.15, 0.2) is 82.0 Å². The molecule has 0 saturated heterocycles. The summed E-state index contributed by atoms with van der Waals surface area (Å²) in [6.07, 6.45) is 0.627. The summed E-state index contributed by atoms with van der Waals surface area (Å²) in [7, 11) is 1.56. The highest BCUT2D eigenvalue weighted by atomic mass is 35.5. The molecular weight excluding hydrogens is 402 g/mol. The number of methoxy groups -OCH3 is 1. The lowest BCUT2D eigenvalue weighted by molar-refractivity contribution is 0.102. The van der Waals surface area contributed by atoms with Crippen molar-refractivity contribution >= 4 is 34.2 Å². The van der Waals surface area contributed by atoms with Crippen molar-refractivity contribution in [1.29, 1.82) is 0 Å². The summed E-state index contributed by atoms with van der Waals surface area (Å²) >= 11 is 6.26. The van der Waals surface area contributed by atoms with Gasteiger partial charge in [0.1, 0.15) is 16.9 Å². The zero-order chi connectivity index (χ0) is 21.1. The average Bonchev–Trinajstić information content (AvgIpc) is 2.75. The standard InChI is InChI=1S/C24H18ClNO4/c1-29-19-9-7-18(8-10-19)26-23(27)20-14-17-13-15(6-11-22(17)30-24(20)28)12-16-4-2-3-5-21(16)25/h2-11,13-14H,12H2,1H3,(H,26,27). The van der Waals surface area contributed by atoms with Crippen molar-refractivity contribution in [2.45, 2.75) is 6.42 Å². The Kier molecular flexibility index (Phi) is 5.55. The van der Waals surface area contributed by atoms with E-state index in [0.717, 1.165) is 11.1 Å². The number of amides is 1. The van der Waals surface area contributed by atoms with Crippen LogP contribution in [-0.2, 0) is 6.42 Å². The van der Waals surface area contributed by atoms with Gasteiger partial charge in [0.2, 0.25) is 0 Å². The number of benzene rings is 3. The molecule has 4 aromatic rings. The predicted octanol–water partition coefficient (Wildman–Crippen LogP) is 5.30. The number of halogens is 1. The van der Waals surface area contributed by atoms with Crippen molar-refractivity contribution in [3.63, 3.8) is 0 Å². The van der Waals surface area contributed by atoms with Gasteiger partial charge in [0.05, 0.1) is 7.11 Å². The number of carbonyl (C=O) groups is 1. The molecule has 1 heterocycles. The van der Waals surface area contributed by atoms with E-state index in [4.69, 9.17) is 20.8 Å². The lowest BCUT2D eigenvalue weighted by Gasteiger charge is -2.08. The molecule has 0 saturated carbocycles. The Morgan fingerprint density at radius 3 is 2.53 bits per heavy atom. The Balaban J connectivity index is 1.63. The summed E-state index contributed by atoms with van der Waals surface area (Å²) in [4.78, 5) is 25.0. The highest BCUT2D eigenvalue weighted by Gasteiger charge is 2.15. The first-order valence-corrected chi connectivity index (χ1v) is 9.67. The monoisotopic (exact) mass is 419 g/mol. The fourth-order valence-electron chi connectivity index (χ4n) is 3.18. The first kappa shape index (κ1) is 19.7. The third-order valence-electron chi connectivity index (χ3n) is 4.74. The minimum absolute atomic E-state index is 0.0618. The molecule has 0 aliphatic rings. The minimum atomic E-state index is -0.688. The number of hydrogen-bond donors (Lipinski definition) is 1. The maximum absolute atomic E-state index is 12.6. The molecule has 1 amide bonds. The van der Waals surface area contributed by atoms with Gasteiger partial charge in [-0.3, -0.25) is 4.79 Å². The Bertz CT molecular complexity index is 1280. The number of carbonyl (C=O) groups excluding carboxylic acids is 1. The third kappa shape index (κ3) is 4.21. The largest absolute Gasteiger partial charge is 0.497 e. The number of hydrogen-bond acceptors (Lipinski definition) is 4. The second kappa shape index (κ2) is 8.43. The maximum atomic E-state index is 12.6. The van der Waals surface area contributed by atoms with Gasteiger partial charge in [-0.25, -0.2) is 4.79 Å². The molecule has 150 valence electrons. The fraction of sp³-hybridized carbons (Fsp3) is 0.0833. The predicted molar refractivity (Wildman–Crippen MR) is 118 cm³/mol. The summed E-state index contributed by atoms with van der Waals surface area (Å²) < 4.78 is 10.5. The zero-order valence-corrected chi connectivity index (χ0v) is 16.9. The van der Waals surface area contributed by atoms with Crippen LogP contribution in [-0.4, -0.2) is 13.0 Å². The molecule has 6 heteroatoms. The van der Waals surface area contributed by atoms with Gasteiger partial charge < -0.3 is 14.5 Å². The van der Waals surface area contributed by atoms with Gasteiger partial charge in [0.25, 0.3) is 5.91 Å². The number of nitrogens with one attached hydrogen (secondary N) is 1. The van der Waals surface area contributed by atoms with E-state index in [2.05, 4.69) is 5.32 Å². The average molecular weight is 420 g/mol. The van der Waals surface area contributed by atoms with Gasteiger partial charge in [-0.1, -0.05) is 35.9 Å². The van der Waals surface area contributed by atoms with E-state index in [9.17, 15) is 9.59 Å². The minimum Gasteiger partial charge on any atom is -0.497 e. The summed E-state index contributed by atoms with van der Waals surface area (Å²) in [5.74, 6) is 0.136. The molecule has 0 spiro atoms. The van der Waals surface area contributed by atoms with Gasteiger partial charge >= 0.3 is 5.63 Å². The Morgan fingerprint density at radius 1 is 1.03 bits per heavy atom. The van der Waals surface area contributed by atoms with E-state index in [1.807, 2.05) is 36.4 Å². The summed E-state index contributed by atoms with van der Waals surface area (Å²) in [6.45, 7) is 0. The molecule has 0 aliphatic heterocycles. The van der Waals surface area contributed by atoms with Crippen LogP contribution >= 0.6 is 11.6 Å². The third-order valence-corrected chi connectivity index (χ3v) is 5.11. The number of rotatable bonds is 5. The molecule has 1 N–H and O–H groups in total. The lowest BCUT2D eigenvalue weighted by Crippen LogP contribution is -2.20. The number of anilines is 1. The quantitative estimate of drug-likeness (QED) is 0.446. The molecule has 0 atom stereocenters. The molecule has 0 fully saturated rings. The first-order chi connectivity index (χ1) is 14.5. The molecular formula is C24H18ClNO4. The Labute approximate surface area is 177 Å². The van der Waals surface area contributed by atoms with E-state index in [-0.39, 0.29) is 5.56 Å². The molecule has 3 aromatic carbocycles. The van der Waals surface area contributed by atoms with Crippen LogP contribution in [0.5, 0.6) is 5.75 Å². The van der Waals surface area contributed by atoms with Crippen molar-refractivity contribution in [2.24, 2.45) is 0 Å². The second-order valence-electron chi connectivity index (χ2n) is 6.77. The zero-order valence-electron chi connectivity index (χ0n) is 16.1. The lowest BCUT2D eigenvalue weighted by atomic mass is 10.0. The molecule has 5 nitrogen and oxygen atoms in total. The molecule has 30 heavy (non-hydrogen) atoms. The van der Waals surface area contributed by atoms with Crippen LogP contribution in [0.2, 0.25) is 5.02 Å². The summed E-state index contributed by atoms with van der Waals surface area (Å²) in [5.41, 5.74) is 2.21. The van der Waals surface area contributed by atoms with Crippen molar-refractivity contribution in [3.05, 3.63) is 105 Å². The summed E-state index contributed by atoms with van der Waals surface area (Å²) in [6, 6.07) is 21.5. The number of ether oxygens (including phenoxy) is 1. The van der Waals surface area contributed by atoms with Crippen molar-refractivity contribution in [2.75, 3.05) is 12.4 Å². The molecule has 0 unspecified atom stereocenters. The van der Waals surface area contributed by atoms with Crippen LogP contribution in [0.25, 0.3) is 11.0 Å². The maximum Gasteiger partial charge on any atom is 0.349 e. The van der Waals surface area contributed by atoms with Crippen LogP contribution in [0.1, 0.15) is 21.5 Å². The van der Waals surface area contributed by atoms with E-state index in [1.165, 1.54) is 0 Å². The Hall–Kier alpha value is -3.57. The van der Waals surface area contributed by atoms with Gasteiger partial charge in [-0.15, -0.1) is 0 Å².